The quantitative estimate of drug-likeness (QED) is 0.613. The molecular weight excluding hydrogens is 401 g/mol. The zero-order valence-electron chi connectivity index (χ0n) is 14.5. The van der Waals surface area contributed by atoms with E-state index in [9.17, 15) is 9.59 Å². The van der Waals surface area contributed by atoms with Gasteiger partial charge in [0, 0.05) is 28.8 Å². The highest BCUT2D eigenvalue weighted by atomic mass is 35.5. The van der Waals surface area contributed by atoms with Gasteiger partial charge in [-0.25, -0.2) is 0 Å². The third-order valence-electron chi connectivity index (χ3n) is 3.58. The van der Waals surface area contributed by atoms with Crippen LogP contribution >= 0.6 is 23.2 Å². The van der Waals surface area contributed by atoms with E-state index in [2.05, 4.69) is 15.6 Å². The van der Waals surface area contributed by atoms with Crippen molar-refractivity contribution in [2.45, 2.75) is 0 Å². The summed E-state index contributed by atoms with van der Waals surface area (Å²) in [4.78, 5) is 28.2. The van der Waals surface area contributed by atoms with Crippen molar-refractivity contribution in [1.82, 2.24) is 4.98 Å². The van der Waals surface area contributed by atoms with Crippen LogP contribution in [-0.2, 0) is 4.79 Å². The van der Waals surface area contributed by atoms with Gasteiger partial charge in [0.1, 0.15) is 5.75 Å². The average Bonchev–Trinajstić information content (AvgIpc) is 2.68. The number of nitrogens with one attached hydrogen (secondary N) is 2. The molecule has 0 saturated carbocycles. The lowest BCUT2D eigenvalue weighted by atomic mass is 10.2. The first-order valence-corrected chi connectivity index (χ1v) is 8.96. The van der Waals surface area contributed by atoms with Gasteiger partial charge in [0.05, 0.1) is 10.6 Å². The molecule has 3 rings (SSSR count). The predicted octanol–water partition coefficient (Wildman–Crippen LogP) is 4.66. The number of nitrogens with zero attached hydrogens (tertiary/aromatic N) is 1. The first-order chi connectivity index (χ1) is 13.5. The molecule has 1 aromatic heterocycles. The molecule has 0 unspecified atom stereocenters. The minimum absolute atomic E-state index is 0.229. The summed E-state index contributed by atoms with van der Waals surface area (Å²) in [5.41, 5.74) is 1.48. The fourth-order valence-electron chi connectivity index (χ4n) is 2.31. The lowest BCUT2D eigenvalue weighted by Gasteiger charge is -2.10. The van der Waals surface area contributed by atoms with E-state index in [0.29, 0.717) is 32.7 Å². The van der Waals surface area contributed by atoms with Crippen LogP contribution in [0.3, 0.4) is 0 Å². The van der Waals surface area contributed by atoms with E-state index in [1.807, 2.05) is 0 Å². The second-order valence-electron chi connectivity index (χ2n) is 5.69. The summed E-state index contributed by atoms with van der Waals surface area (Å²) in [5.74, 6) is -0.308. The van der Waals surface area contributed by atoms with Crippen LogP contribution in [0.1, 0.15) is 10.4 Å². The molecule has 0 aliphatic rings. The van der Waals surface area contributed by atoms with Crippen molar-refractivity contribution < 1.29 is 14.3 Å². The number of halogens is 2. The predicted molar refractivity (Wildman–Crippen MR) is 109 cm³/mol. The van der Waals surface area contributed by atoms with Crippen LogP contribution in [0.4, 0.5) is 11.4 Å². The Bertz CT molecular complexity index is 997. The second-order valence-corrected chi connectivity index (χ2v) is 6.53. The first-order valence-electron chi connectivity index (χ1n) is 8.20. The van der Waals surface area contributed by atoms with Crippen LogP contribution in [0, 0.1) is 0 Å². The third-order valence-corrected chi connectivity index (χ3v) is 4.11. The largest absolute Gasteiger partial charge is 0.482 e. The summed E-state index contributed by atoms with van der Waals surface area (Å²) >= 11 is 11.8. The minimum Gasteiger partial charge on any atom is -0.482 e. The first kappa shape index (κ1) is 19.7. The summed E-state index contributed by atoms with van der Waals surface area (Å²) in [6.07, 6.45) is 3.06. The number of amides is 2. The van der Waals surface area contributed by atoms with Gasteiger partial charge < -0.3 is 15.4 Å². The molecule has 0 fully saturated rings. The Morgan fingerprint density at radius 3 is 2.46 bits per heavy atom. The Morgan fingerprint density at radius 1 is 0.964 bits per heavy atom. The van der Waals surface area contributed by atoms with Gasteiger partial charge in [-0.2, -0.15) is 0 Å². The summed E-state index contributed by atoms with van der Waals surface area (Å²) in [6.45, 7) is -0.229. The number of pyridine rings is 1. The number of hydrogen-bond donors (Lipinski definition) is 2. The summed E-state index contributed by atoms with van der Waals surface area (Å²) < 4.78 is 5.40. The lowest BCUT2D eigenvalue weighted by molar-refractivity contribution is -0.118. The van der Waals surface area contributed by atoms with Crippen molar-refractivity contribution in [3.63, 3.8) is 0 Å². The minimum atomic E-state index is -0.373. The van der Waals surface area contributed by atoms with Crippen molar-refractivity contribution >= 4 is 46.4 Å². The molecule has 0 atom stereocenters. The van der Waals surface area contributed by atoms with Crippen molar-refractivity contribution in [2.24, 2.45) is 0 Å². The number of benzene rings is 2. The number of aromatic nitrogens is 1. The Balaban J connectivity index is 1.57. The highest BCUT2D eigenvalue weighted by Gasteiger charge is 2.09. The smallest absolute Gasteiger partial charge is 0.262 e. The van der Waals surface area contributed by atoms with Crippen LogP contribution < -0.4 is 15.4 Å². The van der Waals surface area contributed by atoms with Crippen LogP contribution in [0.5, 0.6) is 5.75 Å². The van der Waals surface area contributed by atoms with E-state index in [1.54, 1.807) is 54.7 Å². The molecule has 28 heavy (non-hydrogen) atoms. The summed E-state index contributed by atoms with van der Waals surface area (Å²) in [5, 5.41) is 6.25. The van der Waals surface area contributed by atoms with Crippen molar-refractivity contribution in [3.05, 3.63) is 82.6 Å². The standard InChI is InChI=1S/C20H15Cl2N3O3/c21-14-6-7-18(17(22)9-14)28-12-19(26)24-15-4-1-5-16(10-15)25-20(27)13-3-2-8-23-11-13/h1-11H,12H2,(H,24,26)(H,25,27). The molecular formula is C20H15Cl2N3O3. The van der Waals surface area contributed by atoms with Crippen LogP contribution in [0.25, 0.3) is 0 Å². The Morgan fingerprint density at radius 2 is 1.75 bits per heavy atom. The van der Waals surface area contributed by atoms with Gasteiger partial charge in [-0.1, -0.05) is 29.3 Å². The van der Waals surface area contributed by atoms with E-state index in [0.717, 1.165) is 0 Å². The number of carbonyl (C=O) groups is 2. The van der Waals surface area contributed by atoms with Crippen LogP contribution in [0.2, 0.25) is 10.0 Å². The van der Waals surface area contributed by atoms with Gasteiger partial charge >= 0.3 is 0 Å². The number of hydrogen-bond acceptors (Lipinski definition) is 4. The highest BCUT2D eigenvalue weighted by molar-refractivity contribution is 6.35. The molecule has 1 heterocycles. The van der Waals surface area contributed by atoms with Gasteiger partial charge in [0.15, 0.2) is 6.61 Å². The molecule has 8 heteroatoms. The normalized spacial score (nSPS) is 10.2. The molecule has 3 aromatic rings. The number of anilines is 2. The van der Waals surface area contributed by atoms with Crippen molar-refractivity contribution in [2.75, 3.05) is 17.2 Å². The third kappa shape index (κ3) is 5.45. The van der Waals surface area contributed by atoms with Crippen molar-refractivity contribution in [3.8, 4) is 5.75 Å². The molecule has 0 bridgehead atoms. The zero-order valence-corrected chi connectivity index (χ0v) is 16.0. The summed E-state index contributed by atoms with van der Waals surface area (Å²) in [6, 6.07) is 14.9. The van der Waals surface area contributed by atoms with Gasteiger partial charge in [0.25, 0.3) is 11.8 Å². The maximum atomic E-state index is 12.2. The molecule has 2 amide bonds. The molecule has 0 saturated heterocycles. The van der Waals surface area contributed by atoms with Crippen molar-refractivity contribution in [1.29, 1.82) is 0 Å². The maximum absolute atomic E-state index is 12.2. The maximum Gasteiger partial charge on any atom is 0.262 e. The molecule has 2 N–H and O–H groups in total. The molecule has 0 aliphatic heterocycles. The van der Waals surface area contributed by atoms with Gasteiger partial charge in [-0.3, -0.25) is 14.6 Å². The Kier molecular flexibility index (Phi) is 6.47. The molecule has 0 radical (unpaired) electrons. The van der Waals surface area contributed by atoms with Gasteiger partial charge in [0.2, 0.25) is 0 Å². The van der Waals surface area contributed by atoms with E-state index in [1.165, 1.54) is 12.3 Å². The second kappa shape index (κ2) is 9.21. The monoisotopic (exact) mass is 415 g/mol. The molecule has 0 spiro atoms. The topological polar surface area (TPSA) is 80.3 Å². The van der Waals surface area contributed by atoms with E-state index in [4.69, 9.17) is 27.9 Å². The lowest BCUT2D eigenvalue weighted by Crippen LogP contribution is -2.20. The molecule has 6 nitrogen and oxygen atoms in total. The van der Waals surface area contributed by atoms with Gasteiger partial charge in [-0.05, 0) is 48.5 Å². The van der Waals surface area contributed by atoms with E-state index in [-0.39, 0.29) is 18.4 Å². The number of carbonyl (C=O) groups excluding carboxylic acids is 2. The van der Waals surface area contributed by atoms with E-state index >= 15 is 0 Å². The molecule has 142 valence electrons. The van der Waals surface area contributed by atoms with Crippen LogP contribution in [-0.4, -0.2) is 23.4 Å². The van der Waals surface area contributed by atoms with Crippen LogP contribution in [0.15, 0.2) is 67.0 Å². The fourth-order valence-corrected chi connectivity index (χ4v) is 2.77. The zero-order chi connectivity index (χ0) is 19.9. The Labute approximate surface area is 171 Å². The highest BCUT2D eigenvalue weighted by Crippen LogP contribution is 2.27. The molecule has 0 aliphatic carbocycles. The van der Waals surface area contributed by atoms with E-state index < -0.39 is 0 Å². The number of rotatable bonds is 6. The number of ether oxygens (including phenoxy) is 1. The average molecular weight is 416 g/mol. The van der Waals surface area contributed by atoms with Gasteiger partial charge in [-0.15, -0.1) is 0 Å². The summed E-state index contributed by atoms with van der Waals surface area (Å²) in [7, 11) is 0. The Hall–Kier alpha value is -3.09. The fraction of sp³-hybridized carbons (Fsp3) is 0.0500. The molecule has 2 aromatic carbocycles. The SMILES string of the molecule is O=C(COc1ccc(Cl)cc1Cl)Nc1cccc(NC(=O)c2cccnc2)c1.